The van der Waals surface area contributed by atoms with Gasteiger partial charge in [-0.2, -0.15) is 0 Å². The lowest BCUT2D eigenvalue weighted by Gasteiger charge is -2.32. The van der Waals surface area contributed by atoms with Crippen molar-refractivity contribution in [1.82, 2.24) is 5.43 Å². The Morgan fingerprint density at radius 3 is 2.83 bits per heavy atom. The Bertz CT molecular complexity index is 781. The van der Waals surface area contributed by atoms with Gasteiger partial charge in [0.1, 0.15) is 12.3 Å². The summed E-state index contributed by atoms with van der Waals surface area (Å²) in [4.78, 5) is 25.9. The molecule has 2 aromatic carbocycles. The van der Waals surface area contributed by atoms with Crippen LogP contribution in [0.5, 0.6) is 5.75 Å². The van der Waals surface area contributed by atoms with Crippen LogP contribution in [0.1, 0.15) is 6.92 Å². The number of halogens is 1. The van der Waals surface area contributed by atoms with Gasteiger partial charge in [0.2, 0.25) is 0 Å². The third-order valence-electron chi connectivity index (χ3n) is 3.55. The highest BCUT2D eigenvalue weighted by molar-refractivity contribution is 6.30. The highest BCUT2D eigenvalue weighted by Gasteiger charge is 2.32. The zero-order valence-corrected chi connectivity index (χ0v) is 13.7. The maximum atomic E-state index is 12.3. The van der Waals surface area contributed by atoms with Crippen LogP contribution in [0.4, 0.5) is 11.4 Å². The van der Waals surface area contributed by atoms with Gasteiger partial charge in [-0.3, -0.25) is 25.3 Å². The molecule has 0 bridgehead atoms. The Morgan fingerprint density at radius 2 is 2.04 bits per heavy atom. The van der Waals surface area contributed by atoms with Crippen molar-refractivity contribution in [2.24, 2.45) is 0 Å². The highest BCUT2D eigenvalue weighted by atomic mass is 35.5. The average molecular weight is 346 g/mol. The standard InChI is InChI=1S/C17H16ClN3O3/c1-11-17(23)21(14-7-2-3-8-15(14)24-11)10-16(22)20-19-13-6-4-5-12(18)9-13/h2-9,11,19H,10H2,1H3,(H,20,22)/t11-/m1/s1. The number of hydrogen-bond acceptors (Lipinski definition) is 4. The molecule has 0 radical (unpaired) electrons. The maximum absolute atomic E-state index is 12.3. The number of carbonyl (C=O) groups excluding carboxylic acids is 2. The topological polar surface area (TPSA) is 70.7 Å². The summed E-state index contributed by atoms with van der Waals surface area (Å²) in [6, 6.07) is 14.1. The number of fused-ring (bicyclic) bond motifs is 1. The first kappa shape index (κ1) is 16.1. The zero-order chi connectivity index (χ0) is 17.1. The fourth-order valence-corrected chi connectivity index (χ4v) is 2.60. The van der Waals surface area contributed by atoms with Gasteiger partial charge in [0.25, 0.3) is 11.8 Å². The Balaban J connectivity index is 1.68. The normalized spacial score (nSPS) is 16.2. The molecule has 3 rings (SSSR count). The van der Waals surface area contributed by atoms with Crippen LogP contribution in [-0.4, -0.2) is 24.5 Å². The third kappa shape index (κ3) is 3.44. The number of para-hydroxylation sites is 2. The number of nitrogens with zero attached hydrogens (tertiary/aromatic N) is 1. The van der Waals surface area contributed by atoms with Crippen LogP contribution < -0.4 is 20.5 Å². The lowest BCUT2D eigenvalue weighted by molar-refractivity contribution is -0.128. The van der Waals surface area contributed by atoms with Gasteiger partial charge in [-0.15, -0.1) is 0 Å². The number of hydrogen-bond donors (Lipinski definition) is 2. The number of carbonyl (C=O) groups is 2. The van der Waals surface area contributed by atoms with Crippen molar-refractivity contribution >= 4 is 34.8 Å². The third-order valence-corrected chi connectivity index (χ3v) is 3.78. The van der Waals surface area contributed by atoms with Gasteiger partial charge in [0.15, 0.2) is 6.10 Å². The molecular weight excluding hydrogens is 330 g/mol. The fourth-order valence-electron chi connectivity index (χ4n) is 2.41. The van der Waals surface area contributed by atoms with Gasteiger partial charge in [-0.25, -0.2) is 0 Å². The summed E-state index contributed by atoms with van der Waals surface area (Å²) in [5.41, 5.74) is 6.56. The quantitative estimate of drug-likeness (QED) is 0.836. The van der Waals surface area contributed by atoms with Crippen LogP contribution in [0.25, 0.3) is 0 Å². The summed E-state index contributed by atoms with van der Waals surface area (Å²) in [7, 11) is 0. The van der Waals surface area contributed by atoms with Crippen LogP contribution in [0.2, 0.25) is 5.02 Å². The van der Waals surface area contributed by atoms with Crippen LogP contribution in [0.15, 0.2) is 48.5 Å². The van der Waals surface area contributed by atoms with Crippen molar-refractivity contribution in [3.63, 3.8) is 0 Å². The van der Waals surface area contributed by atoms with E-state index < -0.39 is 6.10 Å². The van der Waals surface area contributed by atoms with E-state index in [1.807, 2.05) is 6.07 Å². The van der Waals surface area contributed by atoms with Crippen molar-refractivity contribution in [2.45, 2.75) is 13.0 Å². The number of ether oxygens (including phenoxy) is 1. The Labute approximate surface area is 144 Å². The lowest BCUT2D eigenvalue weighted by Crippen LogP contribution is -2.49. The molecule has 1 aliphatic rings. The van der Waals surface area contributed by atoms with Gasteiger partial charge in [0.05, 0.1) is 11.4 Å². The Hall–Kier alpha value is -2.73. The van der Waals surface area contributed by atoms with Gasteiger partial charge in [-0.05, 0) is 37.3 Å². The van der Waals surface area contributed by atoms with Gasteiger partial charge in [-0.1, -0.05) is 29.8 Å². The number of nitrogens with one attached hydrogen (secondary N) is 2. The average Bonchev–Trinajstić information content (AvgIpc) is 2.57. The number of anilines is 2. The zero-order valence-electron chi connectivity index (χ0n) is 13.0. The molecular formula is C17H16ClN3O3. The molecule has 0 aliphatic carbocycles. The minimum absolute atomic E-state index is 0.114. The molecule has 2 amide bonds. The van der Waals surface area contributed by atoms with Crippen molar-refractivity contribution in [1.29, 1.82) is 0 Å². The fraction of sp³-hybridized carbons (Fsp3) is 0.176. The second-order valence-corrected chi connectivity index (χ2v) is 5.77. The molecule has 0 aromatic heterocycles. The lowest BCUT2D eigenvalue weighted by atomic mass is 10.2. The number of amides is 2. The summed E-state index contributed by atoms with van der Waals surface area (Å²) < 4.78 is 5.55. The van der Waals surface area contributed by atoms with E-state index in [9.17, 15) is 9.59 Å². The van der Waals surface area contributed by atoms with Crippen molar-refractivity contribution in [3.05, 3.63) is 53.6 Å². The molecule has 2 aromatic rings. The molecule has 2 N–H and O–H groups in total. The van der Waals surface area contributed by atoms with Crippen molar-refractivity contribution in [3.8, 4) is 5.75 Å². The monoisotopic (exact) mass is 345 g/mol. The van der Waals surface area contributed by atoms with Crippen molar-refractivity contribution in [2.75, 3.05) is 16.9 Å². The molecule has 1 aliphatic heterocycles. The number of benzene rings is 2. The first-order valence-electron chi connectivity index (χ1n) is 7.42. The predicted octanol–water partition coefficient (Wildman–Crippen LogP) is 2.60. The molecule has 7 heteroatoms. The van der Waals surface area contributed by atoms with E-state index in [4.69, 9.17) is 16.3 Å². The van der Waals surface area contributed by atoms with Crippen LogP contribution in [-0.2, 0) is 9.59 Å². The van der Waals surface area contributed by atoms with Gasteiger partial charge < -0.3 is 4.74 Å². The molecule has 0 saturated heterocycles. The van der Waals surface area contributed by atoms with Crippen LogP contribution >= 0.6 is 11.6 Å². The van der Waals surface area contributed by atoms with E-state index in [2.05, 4.69) is 10.9 Å². The summed E-state index contributed by atoms with van der Waals surface area (Å²) in [6.45, 7) is 1.55. The van der Waals surface area contributed by atoms with Crippen LogP contribution in [0.3, 0.4) is 0 Å². The first-order chi connectivity index (χ1) is 11.5. The van der Waals surface area contributed by atoms with E-state index in [0.29, 0.717) is 22.1 Å². The first-order valence-corrected chi connectivity index (χ1v) is 7.80. The largest absolute Gasteiger partial charge is 0.479 e. The molecule has 1 atom stereocenters. The summed E-state index contributed by atoms with van der Waals surface area (Å²) in [5.74, 6) is -0.0287. The Kier molecular flexibility index (Phi) is 4.57. The second kappa shape index (κ2) is 6.80. The number of rotatable bonds is 4. The summed E-state index contributed by atoms with van der Waals surface area (Å²) >= 11 is 5.89. The number of hydrazine groups is 1. The maximum Gasteiger partial charge on any atom is 0.268 e. The Morgan fingerprint density at radius 1 is 1.25 bits per heavy atom. The molecule has 0 saturated carbocycles. The molecule has 0 unspecified atom stereocenters. The van der Waals surface area contributed by atoms with E-state index in [1.165, 1.54) is 4.90 Å². The highest BCUT2D eigenvalue weighted by Crippen LogP contribution is 2.33. The molecule has 0 spiro atoms. The summed E-state index contributed by atoms with van der Waals surface area (Å²) in [6.07, 6.45) is -0.631. The van der Waals surface area contributed by atoms with Crippen LogP contribution in [0, 0.1) is 0 Å². The van der Waals surface area contributed by atoms with Gasteiger partial charge >= 0.3 is 0 Å². The van der Waals surface area contributed by atoms with E-state index in [0.717, 1.165) is 0 Å². The van der Waals surface area contributed by atoms with E-state index in [-0.39, 0.29) is 18.4 Å². The minimum atomic E-state index is -0.631. The smallest absolute Gasteiger partial charge is 0.268 e. The molecule has 6 nitrogen and oxygen atoms in total. The van der Waals surface area contributed by atoms with Gasteiger partial charge in [0, 0.05) is 5.02 Å². The minimum Gasteiger partial charge on any atom is -0.479 e. The molecule has 1 heterocycles. The second-order valence-electron chi connectivity index (χ2n) is 5.34. The molecule has 0 fully saturated rings. The van der Waals surface area contributed by atoms with E-state index in [1.54, 1.807) is 49.4 Å². The van der Waals surface area contributed by atoms with E-state index >= 15 is 0 Å². The summed E-state index contributed by atoms with van der Waals surface area (Å²) in [5, 5.41) is 0.556. The molecule has 124 valence electrons. The SMILES string of the molecule is C[C@H]1Oc2ccccc2N(CC(=O)NNc2cccc(Cl)c2)C1=O. The predicted molar refractivity (Wildman–Crippen MR) is 92.1 cm³/mol. The van der Waals surface area contributed by atoms with Crippen molar-refractivity contribution < 1.29 is 14.3 Å². The molecule has 24 heavy (non-hydrogen) atoms.